The fourth-order valence-electron chi connectivity index (χ4n) is 0.625. The molecular formula is C7H8N2O2. The maximum atomic E-state index is 10.4. The number of aromatic nitrogens is 1. The molecule has 0 aliphatic rings. The Kier molecular flexibility index (Phi) is 2.06. The van der Waals surface area contributed by atoms with E-state index in [1.807, 2.05) is 0 Å². The lowest BCUT2D eigenvalue weighted by molar-refractivity contribution is -0.132. The Morgan fingerprint density at radius 2 is 2.45 bits per heavy atom. The highest BCUT2D eigenvalue weighted by Crippen LogP contribution is 2.15. The summed E-state index contributed by atoms with van der Waals surface area (Å²) in [5.74, 6) is -0.254. The van der Waals surface area contributed by atoms with Crippen LogP contribution in [0.5, 0.6) is 5.88 Å². The number of hydrogen-bond donors (Lipinski definition) is 1. The number of anilines is 1. The maximum absolute atomic E-state index is 10.4. The van der Waals surface area contributed by atoms with Gasteiger partial charge in [-0.1, -0.05) is 0 Å². The van der Waals surface area contributed by atoms with Crippen molar-refractivity contribution in [3.8, 4) is 5.88 Å². The number of nitrogen functional groups attached to an aromatic ring is 1. The first-order valence-corrected chi connectivity index (χ1v) is 3.09. The summed E-state index contributed by atoms with van der Waals surface area (Å²) in [6, 6.07) is 3.29. The molecule has 0 aliphatic heterocycles. The lowest BCUT2D eigenvalue weighted by atomic mass is 10.4. The predicted octanol–water partition coefficient (Wildman–Crippen LogP) is 0.589. The van der Waals surface area contributed by atoms with E-state index >= 15 is 0 Å². The zero-order valence-corrected chi connectivity index (χ0v) is 6.07. The highest BCUT2D eigenvalue weighted by molar-refractivity contribution is 5.70. The number of pyridine rings is 1. The number of rotatable bonds is 1. The molecule has 11 heavy (non-hydrogen) atoms. The van der Waals surface area contributed by atoms with E-state index in [9.17, 15) is 4.79 Å². The second-order valence-corrected chi connectivity index (χ2v) is 1.99. The number of carbonyl (C=O) groups is 1. The van der Waals surface area contributed by atoms with Gasteiger partial charge in [-0.3, -0.25) is 4.79 Å². The van der Waals surface area contributed by atoms with Gasteiger partial charge in [0.2, 0.25) is 5.88 Å². The molecule has 0 saturated carbocycles. The number of hydrogen-bond acceptors (Lipinski definition) is 4. The first kappa shape index (κ1) is 7.53. The molecule has 0 atom stereocenters. The van der Waals surface area contributed by atoms with Crippen molar-refractivity contribution in [2.75, 3.05) is 5.73 Å². The highest BCUT2D eigenvalue weighted by Gasteiger charge is 2.01. The van der Waals surface area contributed by atoms with E-state index in [0.29, 0.717) is 5.69 Å². The van der Waals surface area contributed by atoms with Gasteiger partial charge < -0.3 is 10.5 Å². The topological polar surface area (TPSA) is 65.2 Å². The molecule has 1 aromatic heterocycles. The van der Waals surface area contributed by atoms with E-state index in [0.717, 1.165) is 0 Å². The van der Waals surface area contributed by atoms with Gasteiger partial charge in [0, 0.05) is 13.1 Å². The van der Waals surface area contributed by atoms with Crippen LogP contribution in [-0.4, -0.2) is 11.0 Å². The number of carbonyl (C=O) groups excluding carboxylic acids is 1. The molecule has 1 rings (SSSR count). The van der Waals surface area contributed by atoms with E-state index in [4.69, 9.17) is 5.73 Å². The van der Waals surface area contributed by atoms with Gasteiger partial charge in [-0.15, -0.1) is 0 Å². The molecular weight excluding hydrogens is 144 g/mol. The fourth-order valence-corrected chi connectivity index (χ4v) is 0.625. The van der Waals surface area contributed by atoms with Crippen LogP contribution in [0.1, 0.15) is 6.92 Å². The van der Waals surface area contributed by atoms with Crippen LogP contribution < -0.4 is 10.5 Å². The van der Waals surface area contributed by atoms with E-state index in [1.165, 1.54) is 13.1 Å². The van der Waals surface area contributed by atoms with Gasteiger partial charge in [-0.2, -0.15) is 0 Å². The first-order valence-electron chi connectivity index (χ1n) is 3.09. The van der Waals surface area contributed by atoms with Crippen molar-refractivity contribution in [2.45, 2.75) is 6.92 Å². The van der Waals surface area contributed by atoms with Crippen molar-refractivity contribution in [1.29, 1.82) is 0 Å². The third kappa shape index (κ3) is 1.93. The minimum atomic E-state index is -0.421. The lowest BCUT2D eigenvalue weighted by Crippen LogP contribution is -2.05. The Labute approximate surface area is 64.0 Å². The standard InChI is InChI=1S/C7H8N2O2/c1-5(10)11-7-6(8)3-2-4-9-7/h2-4H,8H2,1H3. The van der Waals surface area contributed by atoms with Crippen molar-refractivity contribution >= 4 is 11.7 Å². The van der Waals surface area contributed by atoms with Gasteiger partial charge in [-0.25, -0.2) is 4.98 Å². The number of nitrogens with zero attached hydrogens (tertiary/aromatic N) is 1. The second kappa shape index (κ2) is 3.01. The van der Waals surface area contributed by atoms with Crippen LogP contribution in [0.2, 0.25) is 0 Å². The van der Waals surface area contributed by atoms with Crippen molar-refractivity contribution in [1.82, 2.24) is 4.98 Å². The summed E-state index contributed by atoms with van der Waals surface area (Å²) in [7, 11) is 0. The molecule has 1 aromatic rings. The Morgan fingerprint density at radius 3 is 3.00 bits per heavy atom. The summed E-state index contributed by atoms with van der Waals surface area (Å²) >= 11 is 0. The van der Waals surface area contributed by atoms with Crippen molar-refractivity contribution in [2.24, 2.45) is 0 Å². The van der Waals surface area contributed by atoms with E-state index in [-0.39, 0.29) is 5.88 Å². The summed E-state index contributed by atoms with van der Waals surface area (Å²) in [6.07, 6.45) is 1.51. The Balaban J connectivity index is 2.86. The zero-order valence-electron chi connectivity index (χ0n) is 6.07. The third-order valence-electron chi connectivity index (χ3n) is 1.04. The molecule has 1 heterocycles. The van der Waals surface area contributed by atoms with Crippen molar-refractivity contribution in [3.63, 3.8) is 0 Å². The van der Waals surface area contributed by atoms with Gasteiger partial charge in [-0.05, 0) is 12.1 Å². The maximum Gasteiger partial charge on any atom is 0.309 e. The van der Waals surface area contributed by atoms with Gasteiger partial charge in [0.25, 0.3) is 0 Å². The lowest BCUT2D eigenvalue weighted by Gasteiger charge is -2.00. The monoisotopic (exact) mass is 152 g/mol. The van der Waals surface area contributed by atoms with Crippen LogP contribution in [0.25, 0.3) is 0 Å². The smallest absolute Gasteiger partial charge is 0.309 e. The van der Waals surface area contributed by atoms with Crippen LogP contribution in [-0.2, 0) is 4.79 Å². The molecule has 0 saturated heterocycles. The molecule has 2 N–H and O–H groups in total. The summed E-state index contributed by atoms with van der Waals surface area (Å²) in [6.45, 7) is 1.30. The van der Waals surface area contributed by atoms with Crippen LogP contribution >= 0.6 is 0 Å². The molecule has 0 aromatic carbocycles. The zero-order chi connectivity index (χ0) is 8.27. The molecule has 0 amide bonds. The quantitative estimate of drug-likeness (QED) is 0.598. The molecule has 4 nitrogen and oxygen atoms in total. The number of ether oxygens (including phenoxy) is 1. The minimum Gasteiger partial charge on any atom is -0.405 e. The van der Waals surface area contributed by atoms with Crippen molar-refractivity contribution in [3.05, 3.63) is 18.3 Å². The van der Waals surface area contributed by atoms with Crippen LogP contribution in [0.15, 0.2) is 18.3 Å². The van der Waals surface area contributed by atoms with Crippen molar-refractivity contribution < 1.29 is 9.53 Å². The van der Waals surface area contributed by atoms with Gasteiger partial charge >= 0.3 is 5.97 Å². The highest BCUT2D eigenvalue weighted by atomic mass is 16.5. The van der Waals surface area contributed by atoms with E-state index in [1.54, 1.807) is 12.1 Å². The SMILES string of the molecule is CC(=O)Oc1ncccc1N. The number of nitrogens with two attached hydrogens (primary N) is 1. The molecule has 0 fully saturated rings. The molecule has 4 heteroatoms. The van der Waals surface area contributed by atoms with E-state index < -0.39 is 5.97 Å². The molecule has 58 valence electrons. The summed E-state index contributed by atoms with van der Waals surface area (Å²) in [5, 5.41) is 0. The summed E-state index contributed by atoms with van der Waals surface area (Å²) < 4.78 is 4.67. The molecule has 0 unspecified atom stereocenters. The third-order valence-corrected chi connectivity index (χ3v) is 1.04. The van der Waals surface area contributed by atoms with Crippen LogP contribution in [0, 0.1) is 0 Å². The minimum absolute atomic E-state index is 0.167. The molecule has 0 aliphatic carbocycles. The fraction of sp³-hybridized carbons (Fsp3) is 0.143. The Morgan fingerprint density at radius 1 is 1.73 bits per heavy atom. The summed E-state index contributed by atoms with van der Waals surface area (Å²) in [4.78, 5) is 14.2. The first-order chi connectivity index (χ1) is 5.20. The molecule has 0 bridgehead atoms. The average molecular weight is 152 g/mol. The van der Waals surface area contributed by atoms with Crippen LogP contribution in [0.4, 0.5) is 5.69 Å². The Hall–Kier alpha value is -1.58. The largest absolute Gasteiger partial charge is 0.405 e. The second-order valence-electron chi connectivity index (χ2n) is 1.99. The van der Waals surface area contributed by atoms with E-state index in [2.05, 4.69) is 9.72 Å². The average Bonchev–Trinajstić information content (AvgIpc) is 1.93. The van der Waals surface area contributed by atoms with Crippen LogP contribution in [0.3, 0.4) is 0 Å². The molecule has 0 radical (unpaired) electrons. The number of esters is 1. The van der Waals surface area contributed by atoms with Gasteiger partial charge in [0.15, 0.2) is 0 Å². The molecule has 0 spiro atoms. The predicted molar refractivity (Wildman–Crippen MR) is 40.0 cm³/mol. The normalized spacial score (nSPS) is 9.18. The van der Waals surface area contributed by atoms with Gasteiger partial charge in [0.1, 0.15) is 0 Å². The Bertz CT molecular complexity index is 273. The summed E-state index contributed by atoms with van der Waals surface area (Å²) in [5.41, 5.74) is 5.79. The van der Waals surface area contributed by atoms with Gasteiger partial charge in [0.05, 0.1) is 5.69 Å².